The predicted octanol–water partition coefficient (Wildman–Crippen LogP) is 2.47. The van der Waals surface area contributed by atoms with Crippen molar-refractivity contribution < 1.29 is 8.42 Å². The molecule has 1 aromatic rings. The van der Waals surface area contributed by atoms with Gasteiger partial charge in [-0.1, -0.05) is 27.7 Å². The number of aromatic nitrogens is 1. The van der Waals surface area contributed by atoms with Crippen molar-refractivity contribution >= 4 is 15.7 Å². The lowest BCUT2D eigenvalue weighted by Crippen LogP contribution is -2.28. The third kappa shape index (κ3) is 2.79. The molecule has 21 heavy (non-hydrogen) atoms. The third-order valence-electron chi connectivity index (χ3n) is 5.24. The fourth-order valence-corrected chi connectivity index (χ4v) is 4.22. The summed E-state index contributed by atoms with van der Waals surface area (Å²) in [5.41, 5.74) is 0.915. The van der Waals surface area contributed by atoms with Crippen LogP contribution in [0.5, 0.6) is 0 Å². The molecule has 2 rings (SSSR count). The van der Waals surface area contributed by atoms with Crippen molar-refractivity contribution in [3.05, 3.63) is 18.5 Å². The lowest BCUT2D eigenvalue weighted by molar-refractivity contribution is 0.457. The van der Waals surface area contributed by atoms with Gasteiger partial charge < -0.3 is 5.32 Å². The minimum atomic E-state index is -3.54. The highest BCUT2D eigenvalue weighted by Crippen LogP contribution is 2.67. The number of pyridine rings is 1. The highest BCUT2D eigenvalue weighted by atomic mass is 32.2. The highest BCUT2D eigenvalue weighted by molar-refractivity contribution is 7.89. The zero-order chi connectivity index (χ0) is 15.9. The molecule has 0 atom stereocenters. The molecule has 0 aromatic carbocycles. The Morgan fingerprint density at radius 3 is 2.38 bits per heavy atom. The van der Waals surface area contributed by atoms with Crippen LogP contribution >= 0.6 is 0 Å². The van der Waals surface area contributed by atoms with Crippen LogP contribution in [0.25, 0.3) is 0 Å². The molecular formula is C15H25N3O2S. The van der Waals surface area contributed by atoms with Gasteiger partial charge in [0.2, 0.25) is 10.0 Å². The monoisotopic (exact) mass is 311 g/mol. The van der Waals surface area contributed by atoms with Gasteiger partial charge >= 0.3 is 0 Å². The molecule has 0 unspecified atom stereocenters. The minimum Gasteiger partial charge on any atom is -0.384 e. The van der Waals surface area contributed by atoms with Crippen molar-refractivity contribution in [3.8, 4) is 0 Å². The van der Waals surface area contributed by atoms with Crippen LogP contribution in [0.4, 0.5) is 5.69 Å². The molecule has 5 nitrogen and oxygen atoms in total. The molecule has 1 saturated carbocycles. The SMILES string of the molecule is CCNc1ccncc1S(=O)(=O)NCC1C(C)(C)C1(C)C. The van der Waals surface area contributed by atoms with Gasteiger partial charge in [0.1, 0.15) is 4.90 Å². The van der Waals surface area contributed by atoms with E-state index >= 15 is 0 Å². The van der Waals surface area contributed by atoms with Crippen LogP contribution in [0.1, 0.15) is 34.6 Å². The normalized spacial score (nSPS) is 20.2. The van der Waals surface area contributed by atoms with E-state index in [0.717, 1.165) is 0 Å². The van der Waals surface area contributed by atoms with Crippen molar-refractivity contribution in [3.63, 3.8) is 0 Å². The summed E-state index contributed by atoms with van der Waals surface area (Å²) in [7, 11) is -3.54. The molecule has 0 amide bonds. The minimum absolute atomic E-state index is 0.162. The van der Waals surface area contributed by atoms with Gasteiger partial charge in [-0.25, -0.2) is 13.1 Å². The summed E-state index contributed by atoms with van der Waals surface area (Å²) in [6.45, 7) is 11.8. The molecule has 0 bridgehead atoms. The first-order chi connectivity index (χ1) is 9.64. The lowest BCUT2D eigenvalue weighted by Gasteiger charge is -2.12. The van der Waals surface area contributed by atoms with Crippen LogP contribution < -0.4 is 10.0 Å². The summed E-state index contributed by atoms with van der Waals surface area (Å²) >= 11 is 0. The summed E-state index contributed by atoms with van der Waals surface area (Å²) in [4.78, 5) is 4.15. The molecule has 1 aliphatic rings. The van der Waals surface area contributed by atoms with Gasteiger partial charge in [0.25, 0.3) is 0 Å². The van der Waals surface area contributed by atoms with Gasteiger partial charge in [-0.05, 0) is 29.7 Å². The van der Waals surface area contributed by atoms with Gasteiger partial charge in [-0.3, -0.25) is 4.98 Å². The molecule has 6 heteroatoms. The summed E-state index contributed by atoms with van der Waals surface area (Å²) in [6, 6.07) is 1.68. The first-order valence-corrected chi connectivity index (χ1v) is 8.80. The van der Waals surface area contributed by atoms with E-state index in [0.29, 0.717) is 24.7 Å². The molecule has 1 heterocycles. The second-order valence-corrected chi connectivity index (χ2v) is 8.49. The molecule has 2 N–H and O–H groups in total. The highest BCUT2D eigenvalue weighted by Gasteiger charge is 2.64. The third-order valence-corrected chi connectivity index (χ3v) is 6.69. The summed E-state index contributed by atoms with van der Waals surface area (Å²) < 4.78 is 27.7. The van der Waals surface area contributed by atoms with Crippen molar-refractivity contribution in [2.75, 3.05) is 18.4 Å². The van der Waals surface area contributed by atoms with Crippen LogP contribution in [-0.2, 0) is 10.0 Å². The Kier molecular flexibility index (Phi) is 4.06. The zero-order valence-corrected chi connectivity index (χ0v) is 14.2. The second kappa shape index (κ2) is 5.25. The Morgan fingerprint density at radius 1 is 1.24 bits per heavy atom. The van der Waals surface area contributed by atoms with Crippen molar-refractivity contribution in [2.24, 2.45) is 16.7 Å². The first kappa shape index (κ1) is 16.2. The maximum Gasteiger partial charge on any atom is 0.244 e. The summed E-state index contributed by atoms with van der Waals surface area (Å²) in [5.74, 6) is 0.346. The average Bonchev–Trinajstić information content (AvgIpc) is 2.78. The maximum atomic E-state index is 12.5. The van der Waals surface area contributed by atoms with Gasteiger partial charge in [-0.2, -0.15) is 0 Å². The van der Waals surface area contributed by atoms with Crippen LogP contribution in [-0.4, -0.2) is 26.5 Å². The predicted molar refractivity (Wildman–Crippen MR) is 84.6 cm³/mol. The summed E-state index contributed by atoms with van der Waals surface area (Å²) in [6.07, 6.45) is 2.98. The molecule has 1 fully saturated rings. The van der Waals surface area contributed by atoms with E-state index in [1.807, 2.05) is 6.92 Å². The van der Waals surface area contributed by atoms with Crippen LogP contribution in [0.2, 0.25) is 0 Å². The zero-order valence-electron chi connectivity index (χ0n) is 13.4. The largest absolute Gasteiger partial charge is 0.384 e. The van der Waals surface area contributed by atoms with E-state index in [1.165, 1.54) is 6.20 Å². The number of anilines is 1. The Labute approximate surface area is 127 Å². The molecule has 0 aliphatic heterocycles. The Hall–Kier alpha value is -1.14. The molecule has 118 valence electrons. The smallest absolute Gasteiger partial charge is 0.244 e. The van der Waals surface area contributed by atoms with Crippen molar-refractivity contribution in [2.45, 2.75) is 39.5 Å². The van der Waals surface area contributed by atoms with E-state index in [1.54, 1.807) is 12.3 Å². The number of hydrogen-bond acceptors (Lipinski definition) is 4. The number of nitrogens with zero attached hydrogens (tertiary/aromatic N) is 1. The van der Waals surface area contributed by atoms with Crippen LogP contribution in [0.3, 0.4) is 0 Å². The quantitative estimate of drug-likeness (QED) is 0.846. The standard InChI is InChI=1S/C15H25N3O2S/c1-6-17-11-7-8-16-9-12(11)21(19,20)18-10-13-14(2,3)15(13,4)5/h7-9,13,18H,6,10H2,1-5H3,(H,16,17). The van der Waals surface area contributed by atoms with E-state index in [4.69, 9.17) is 0 Å². The van der Waals surface area contributed by atoms with Gasteiger partial charge in [0.15, 0.2) is 0 Å². The molecular weight excluding hydrogens is 286 g/mol. The molecule has 0 spiro atoms. The fourth-order valence-electron chi connectivity index (χ4n) is 3.04. The Morgan fingerprint density at radius 2 is 1.86 bits per heavy atom. The van der Waals surface area contributed by atoms with Gasteiger partial charge in [0.05, 0.1) is 5.69 Å². The van der Waals surface area contributed by atoms with E-state index < -0.39 is 10.0 Å². The van der Waals surface area contributed by atoms with Gasteiger partial charge in [-0.15, -0.1) is 0 Å². The van der Waals surface area contributed by atoms with Gasteiger partial charge in [0, 0.05) is 25.5 Å². The number of rotatable bonds is 6. The topological polar surface area (TPSA) is 71.1 Å². The molecule has 0 radical (unpaired) electrons. The van der Waals surface area contributed by atoms with Crippen LogP contribution in [0, 0.1) is 16.7 Å². The number of nitrogens with one attached hydrogen (secondary N) is 2. The number of sulfonamides is 1. The van der Waals surface area contributed by atoms with E-state index in [2.05, 4.69) is 42.7 Å². The molecule has 0 saturated heterocycles. The lowest BCUT2D eigenvalue weighted by atomic mass is 10.0. The van der Waals surface area contributed by atoms with E-state index in [-0.39, 0.29) is 15.7 Å². The average molecular weight is 311 g/mol. The second-order valence-electron chi connectivity index (χ2n) is 6.75. The van der Waals surface area contributed by atoms with Crippen molar-refractivity contribution in [1.29, 1.82) is 0 Å². The Balaban J connectivity index is 2.14. The number of hydrogen-bond donors (Lipinski definition) is 2. The summed E-state index contributed by atoms with van der Waals surface area (Å²) in [5, 5.41) is 3.06. The van der Waals surface area contributed by atoms with E-state index in [9.17, 15) is 8.42 Å². The molecule has 1 aliphatic carbocycles. The first-order valence-electron chi connectivity index (χ1n) is 7.32. The maximum absolute atomic E-state index is 12.5. The Bertz CT molecular complexity index is 610. The fraction of sp³-hybridized carbons (Fsp3) is 0.667. The molecule has 1 aromatic heterocycles. The van der Waals surface area contributed by atoms with Crippen LogP contribution in [0.15, 0.2) is 23.4 Å². The van der Waals surface area contributed by atoms with Crippen molar-refractivity contribution in [1.82, 2.24) is 9.71 Å².